The molecule has 0 bridgehead atoms. The van der Waals surface area contributed by atoms with Gasteiger partial charge in [-0.25, -0.2) is 9.97 Å². The van der Waals surface area contributed by atoms with E-state index in [9.17, 15) is 0 Å². The van der Waals surface area contributed by atoms with E-state index >= 15 is 0 Å². The van der Waals surface area contributed by atoms with Crippen molar-refractivity contribution in [1.82, 2.24) is 9.97 Å². The molecule has 0 unspecified atom stereocenters. The fourth-order valence-corrected chi connectivity index (χ4v) is 2.17. The molecule has 0 saturated heterocycles. The average molecular weight is 283 g/mol. The average Bonchev–Trinajstić information content (AvgIpc) is 2.36. The van der Waals surface area contributed by atoms with Crippen molar-refractivity contribution in [3.05, 3.63) is 57.6 Å². The van der Waals surface area contributed by atoms with E-state index in [1.807, 2.05) is 30.3 Å². The number of aromatic nitrogens is 2. The van der Waals surface area contributed by atoms with E-state index in [-0.39, 0.29) is 0 Å². The van der Waals surface area contributed by atoms with Crippen LogP contribution in [0.15, 0.2) is 30.3 Å². The van der Waals surface area contributed by atoms with Gasteiger partial charge in [-0.1, -0.05) is 53.5 Å². The third-order valence-corrected chi connectivity index (χ3v) is 3.07. The standard InChI is InChI=1S/C13H12Cl2N2O/c1-18-8-11-16-12(14)10(13(15)17-11)7-9-5-3-2-4-6-9/h2-6H,7-8H2,1H3. The molecule has 1 heterocycles. The highest BCUT2D eigenvalue weighted by atomic mass is 35.5. The van der Waals surface area contributed by atoms with E-state index in [4.69, 9.17) is 27.9 Å². The summed E-state index contributed by atoms with van der Waals surface area (Å²) in [5, 5.41) is 0.761. The number of nitrogens with zero attached hydrogens (tertiary/aromatic N) is 2. The lowest BCUT2D eigenvalue weighted by Crippen LogP contribution is -2.02. The van der Waals surface area contributed by atoms with Gasteiger partial charge in [0.05, 0.1) is 0 Å². The molecule has 0 aliphatic carbocycles. The Morgan fingerprint density at radius 1 is 1.06 bits per heavy atom. The second-order valence-corrected chi connectivity index (χ2v) is 4.51. The van der Waals surface area contributed by atoms with Crippen molar-refractivity contribution in [2.24, 2.45) is 0 Å². The van der Waals surface area contributed by atoms with Gasteiger partial charge in [0.15, 0.2) is 5.82 Å². The zero-order valence-electron chi connectivity index (χ0n) is 9.86. The van der Waals surface area contributed by atoms with Crippen LogP contribution < -0.4 is 0 Å². The SMILES string of the molecule is COCc1nc(Cl)c(Cc2ccccc2)c(Cl)n1. The van der Waals surface area contributed by atoms with E-state index < -0.39 is 0 Å². The van der Waals surface area contributed by atoms with Gasteiger partial charge in [-0.2, -0.15) is 0 Å². The zero-order valence-corrected chi connectivity index (χ0v) is 11.4. The third-order valence-electron chi connectivity index (χ3n) is 2.45. The largest absolute Gasteiger partial charge is 0.377 e. The van der Waals surface area contributed by atoms with E-state index in [1.54, 1.807) is 7.11 Å². The molecule has 0 amide bonds. The molecule has 0 fully saturated rings. The van der Waals surface area contributed by atoms with E-state index in [0.717, 1.165) is 11.1 Å². The zero-order chi connectivity index (χ0) is 13.0. The normalized spacial score (nSPS) is 10.6. The van der Waals surface area contributed by atoms with Crippen LogP contribution >= 0.6 is 23.2 Å². The summed E-state index contributed by atoms with van der Waals surface area (Å²) in [7, 11) is 1.57. The summed E-state index contributed by atoms with van der Waals surface area (Å²) < 4.78 is 4.95. The van der Waals surface area contributed by atoms with E-state index in [1.165, 1.54) is 0 Å². The number of hydrogen-bond acceptors (Lipinski definition) is 3. The number of ether oxygens (including phenoxy) is 1. The molecule has 2 rings (SSSR count). The number of methoxy groups -OCH3 is 1. The molecule has 0 N–H and O–H groups in total. The molecule has 0 radical (unpaired) electrons. The Labute approximate surface area is 116 Å². The highest BCUT2D eigenvalue weighted by Gasteiger charge is 2.12. The highest BCUT2D eigenvalue weighted by molar-refractivity contribution is 6.34. The molecule has 1 aromatic heterocycles. The van der Waals surface area contributed by atoms with Gasteiger partial charge in [-0.3, -0.25) is 0 Å². The molecule has 0 atom stereocenters. The summed E-state index contributed by atoms with van der Waals surface area (Å²) in [6.45, 7) is 0.297. The Balaban J connectivity index is 2.28. The predicted molar refractivity (Wildman–Crippen MR) is 72.0 cm³/mol. The van der Waals surface area contributed by atoms with E-state index in [0.29, 0.717) is 29.2 Å². The Bertz CT molecular complexity index is 509. The van der Waals surface area contributed by atoms with Gasteiger partial charge in [0, 0.05) is 19.1 Å². The van der Waals surface area contributed by atoms with Crippen molar-refractivity contribution in [3.63, 3.8) is 0 Å². The topological polar surface area (TPSA) is 35.0 Å². The van der Waals surface area contributed by atoms with Crippen molar-refractivity contribution in [2.75, 3.05) is 7.11 Å². The molecule has 5 heteroatoms. The van der Waals surface area contributed by atoms with Crippen LogP contribution in [0.1, 0.15) is 17.0 Å². The lowest BCUT2D eigenvalue weighted by Gasteiger charge is -2.08. The molecule has 0 spiro atoms. The minimum absolute atomic E-state index is 0.297. The van der Waals surface area contributed by atoms with Crippen molar-refractivity contribution in [2.45, 2.75) is 13.0 Å². The fourth-order valence-electron chi connectivity index (χ4n) is 1.61. The van der Waals surface area contributed by atoms with Crippen molar-refractivity contribution < 1.29 is 4.74 Å². The second kappa shape index (κ2) is 6.14. The minimum Gasteiger partial charge on any atom is -0.377 e. The maximum atomic E-state index is 6.13. The van der Waals surface area contributed by atoms with Crippen molar-refractivity contribution >= 4 is 23.2 Å². The Kier molecular flexibility index (Phi) is 4.53. The van der Waals surface area contributed by atoms with Crippen LogP contribution in [0.25, 0.3) is 0 Å². The first-order valence-corrected chi connectivity index (χ1v) is 6.20. The maximum absolute atomic E-state index is 6.13. The Hall–Kier alpha value is -1.16. The molecule has 94 valence electrons. The molecule has 0 aliphatic rings. The van der Waals surface area contributed by atoms with Crippen LogP contribution in [-0.2, 0) is 17.8 Å². The quantitative estimate of drug-likeness (QED) is 0.805. The minimum atomic E-state index is 0.297. The van der Waals surface area contributed by atoms with Gasteiger partial charge < -0.3 is 4.74 Å². The summed E-state index contributed by atoms with van der Waals surface area (Å²) in [4.78, 5) is 8.33. The first-order chi connectivity index (χ1) is 8.70. The molecule has 18 heavy (non-hydrogen) atoms. The van der Waals surface area contributed by atoms with Gasteiger partial charge in [-0.15, -0.1) is 0 Å². The van der Waals surface area contributed by atoms with Gasteiger partial charge >= 0.3 is 0 Å². The number of hydrogen-bond donors (Lipinski definition) is 0. The lowest BCUT2D eigenvalue weighted by atomic mass is 10.1. The van der Waals surface area contributed by atoms with Crippen LogP contribution in [0.2, 0.25) is 10.3 Å². The van der Waals surface area contributed by atoms with Crippen molar-refractivity contribution in [1.29, 1.82) is 0 Å². The third kappa shape index (κ3) is 3.19. The van der Waals surface area contributed by atoms with Gasteiger partial charge in [0.25, 0.3) is 0 Å². The van der Waals surface area contributed by atoms with Crippen LogP contribution in [0, 0.1) is 0 Å². The molecule has 1 aromatic carbocycles. The molecule has 0 aliphatic heterocycles. The Morgan fingerprint density at radius 2 is 1.67 bits per heavy atom. The van der Waals surface area contributed by atoms with Crippen LogP contribution in [-0.4, -0.2) is 17.1 Å². The first kappa shape index (κ1) is 13.3. The summed E-state index contributed by atoms with van der Waals surface area (Å²) in [6, 6.07) is 9.92. The molecule has 2 aromatic rings. The summed E-state index contributed by atoms with van der Waals surface area (Å²) >= 11 is 12.3. The number of benzene rings is 1. The first-order valence-electron chi connectivity index (χ1n) is 5.44. The lowest BCUT2D eigenvalue weighted by molar-refractivity contribution is 0.177. The predicted octanol–water partition coefficient (Wildman–Crippen LogP) is 3.52. The number of rotatable bonds is 4. The van der Waals surface area contributed by atoms with Gasteiger partial charge in [0.1, 0.15) is 16.9 Å². The monoisotopic (exact) mass is 282 g/mol. The summed E-state index contributed by atoms with van der Waals surface area (Å²) in [6.07, 6.45) is 0.617. The molecular weight excluding hydrogens is 271 g/mol. The summed E-state index contributed by atoms with van der Waals surface area (Å²) in [5.41, 5.74) is 1.86. The van der Waals surface area contributed by atoms with E-state index in [2.05, 4.69) is 9.97 Å². The number of halogens is 2. The molecule has 3 nitrogen and oxygen atoms in total. The fraction of sp³-hybridized carbons (Fsp3) is 0.231. The van der Waals surface area contributed by atoms with Crippen LogP contribution in [0.3, 0.4) is 0 Å². The van der Waals surface area contributed by atoms with Crippen molar-refractivity contribution in [3.8, 4) is 0 Å². The molecular formula is C13H12Cl2N2O. The van der Waals surface area contributed by atoms with Gasteiger partial charge in [0.2, 0.25) is 0 Å². The maximum Gasteiger partial charge on any atom is 0.157 e. The second-order valence-electron chi connectivity index (χ2n) is 3.80. The summed E-state index contributed by atoms with van der Waals surface area (Å²) in [5.74, 6) is 0.490. The highest BCUT2D eigenvalue weighted by Crippen LogP contribution is 2.24. The van der Waals surface area contributed by atoms with Crippen LogP contribution in [0.4, 0.5) is 0 Å². The van der Waals surface area contributed by atoms with Gasteiger partial charge in [-0.05, 0) is 5.56 Å². The molecule has 0 saturated carbocycles. The smallest absolute Gasteiger partial charge is 0.157 e. The Morgan fingerprint density at radius 3 is 2.22 bits per heavy atom. The van der Waals surface area contributed by atoms with Crippen LogP contribution in [0.5, 0.6) is 0 Å².